The van der Waals surface area contributed by atoms with Crippen LogP contribution in [0.3, 0.4) is 0 Å². The Hall–Kier alpha value is -2.27. The molecule has 0 aliphatic carbocycles. The minimum absolute atomic E-state index is 0.262. The molecule has 24 heavy (non-hydrogen) atoms. The predicted octanol–water partition coefficient (Wildman–Crippen LogP) is 3.87. The monoisotopic (exact) mass is 332 g/mol. The van der Waals surface area contributed by atoms with E-state index < -0.39 is 29.6 Å². The largest absolute Gasteiger partial charge is 0.349 e. The topological polar surface area (TPSA) is 55.1 Å². The summed E-state index contributed by atoms with van der Waals surface area (Å²) in [5.74, 6) is -2.05. The maximum absolute atomic E-state index is 13.9. The molecule has 3 unspecified atom stereocenters. The maximum atomic E-state index is 13.9. The van der Waals surface area contributed by atoms with Crippen LogP contribution in [0.15, 0.2) is 48.5 Å². The molecule has 3 nitrogen and oxygen atoms in total. The number of nitrogens with one attached hydrogen (secondary N) is 1. The van der Waals surface area contributed by atoms with Crippen molar-refractivity contribution < 1.29 is 13.6 Å². The van der Waals surface area contributed by atoms with E-state index in [1.807, 2.05) is 37.3 Å². The van der Waals surface area contributed by atoms with Gasteiger partial charge in [0, 0.05) is 17.7 Å². The Kier molecular flexibility index (Phi) is 6.04. The fourth-order valence-electron chi connectivity index (χ4n) is 2.61. The first-order valence-corrected chi connectivity index (χ1v) is 7.99. The Morgan fingerprint density at radius 3 is 2.42 bits per heavy atom. The zero-order valence-electron chi connectivity index (χ0n) is 13.8. The van der Waals surface area contributed by atoms with E-state index in [0.717, 1.165) is 11.6 Å². The molecular weight excluding hydrogens is 310 g/mol. The highest BCUT2D eigenvalue weighted by molar-refractivity contribution is 5.79. The molecule has 3 atom stereocenters. The van der Waals surface area contributed by atoms with E-state index in [1.54, 1.807) is 6.92 Å². The van der Waals surface area contributed by atoms with Crippen molar-refractivity contribution in [2.24, 2.45) is 11.7 Å². The van der Waals surface area contributed by atoms with Gasteiger partial charge in [-0.3, -0.25) is 4.79 Å². The number of halogens is 2. The molecule has 0 aliphatic rings. The normalized spacial score (nSPS) is 14.7. The van der Waals surface area contributed by atoms with Crippen LogP contribution in [0.2, 0.25) is 0 Å². The number of nitrogens with two attached hydrogens (primary N) is 1. The Morgan fingerprint density at radius 2 is 1.83 bits per heavy atom. The molecule has 0 aliphatic heterocycles. The van der Waals surface area contributed by atoms with Crippen LogP contribution in [0.1, 0.15) is 43.5 Å². The van der Waals surface area contributed by atoms with Crippen molar-refractivity contribution in [1.82, 2.24) is 5.32 Å². The van der Waals surface area contributed by atoms with E-state index in [-0.39, 0.29) is 11.5 Å². The highest BCUT2D eigenvalue weighted by Gasteiger charge is 2.25. The van der Waals surface area contributed by atoms with Crippen molar-refractivity contribution in [3.63, 3.8) is 0 Å². The quantitative estimate of drug-likeness (QED) is 0.844. The first kappa shape index (κ1) is 18.1. The first-order valence-electron chi connectivity index (χ1n) is 7.99. The van der Waals surface area contributed by atoms with Crippen molar-refractivity contribution >= 4 is 5.91 Å². The molecule has 5 heteroatoms. The van der Waals surface area contributed by atoms with Gasteiger partial charge in [0.2, 0.25) is 5.91 Å². The van der Waals surface area contributed by atoms with Crippen LogP contribution in [0.5, 0.6) is 0 Å². The molecular formula is C19H22F2N2O. The molecule has 0 aromatic heterocycles. The standard InChI is InChI=1S/C19H22F2N2O/c1-3-17(15-10-9-14(20)11-16(15)21)23-19(24)12(2)18(22)13-7-5-4-6-8-13/h4-12,17-18H,3,22H2,1-2H3,(H,23,24). The van der Waals surface area contributed by atoms with Gasteiger partial charge >= 0.3 is 0 Å². The molecule has 2 aromatic rings. The number of carbonyl (C=O) groups excluding carboxylic acids is 1. The van der Waals surface area contributed by atoms with E-state index in [0.29, 0.717) is 6.42 Å². The zero-order valence-corrected chi connectivity index (χ0v) is 13.8. The predicted molar refractivity (Wildman–Crippen MR) is 90.1 cm³/mol. The van der Waals surface area contributed by atoms with Crippen molar-refractivity contribution in [2.45, 2.75) is 32.4 Å². The number of hydrogen-bond acceptors (Lipinski definition) is 2. The van der Waals surface area contributed by atoms with Gasteiger partial charge in [0.15, 0.2) is 0 Å². The van der Waals surface area contributed by atoms with Gasteiger partial charge in [-0.15, -0.1) is 0 Å². The van der Waals surface area contributed by atoms with Gasteiger partial charge in [-0.1, -0.05) is 50.2 Å². The van der Waals surface area contributed by atoms with Gasteiger partial charge in [0.1, 0.15) is 11.6 Å². The Bertz CT molecular complexity index is 691. The first-order chi connectivity index (χ1) is 11.4. The van der Waals surface area contributed by atoms with E-state index >= 15 is 0 Å². The fourth-order valence-corrected chi connectivity index (χ4v) is 2.61. The summed E-state index contributed by atoms with van der Waals surface area (Å²) in [7, 11) is 0. The van der Waals surface area contributed by atoms with Crippen molar-refractivity contribution in [3.05, 3.63) is 71.3 Å². The third kappa shape index (κ3) is 4.17. The molecule has 0 spiro atoms. The van der Waals surface area contributed by atoms with Gasteiger partial charge in [-0.2, -0.15) is 0 Å². The SMILES string of the molecule is CCC(NC(=O)C(C)C(N)c1ccccc1)c1ccc(F)cc1F. The number of carbonyl (C=O) groups is 1. The average Bonchev–Trinajstić information content (AvgIpc) is 2.59. The lowest BCUT2D eigenvalue weighted by molar-refractivity contribution is -0.126. The molecule has 0 saturated heterocycles. The van der Waals surface area contributed by atoms with Crippen LogP contribution in [-0.4, -0.2) is 5.91 Å². The Labute approximate surface area is 140 Å². The van der Waals surface area contributed by atoms with Crippen LogP contribution in [0.4, 0.5) is 8.78 Å². The van der Waals surface area contributed by atoms with Crippen LogP contribution >= 0.6 is 0 Å². The molecule has 0 fully saturated rings. The van der Waals surface area contributed by atoms with Gasteiger partial charge in [0.25, 0.3) is 0 Å². The zero-order chi connectivity index (χ0) is 17.7. The second kappa shape index (κ2) is 8.02. The molecule has 2 rings (SSSR count). The summed E-state index contributed by atoms with van der Waals surface area (Å²) < 4.78 is 27.0. The van der Waals surface area contributed by atoms with Gasteiger partial charge in [-0.05, 0) is 18.1 Å². The van der Waals surface area contributed by atoms with E-state index in [4.69, 9.17) is 5.73 Å². The minimum atomic E-state index is -0.665. The third-order valence-corrected chi connectivity index (χ3v) is 4.20. The summed E-state index contributed by atoms with van der Waals surface area (Å²) in [5, 5.41) is 2.81. The molecule has 1 amide bonds. The summed E-state index contributed by atoms with van der Waals surface area (Å²) in [6, 6.07) is 11.7. The summed E-state index contributed by atoms with van der Waals surface area (Å²) in [4.78, 5) is 12.5. The number of hydrogen-bond donors (Lipinski definition) is 2. The van der Waals surface area contributed by atoms with Gasteiger partial charge < -0.3 is 11.1 Å². The Balaban J connectivity index is 2.11. The van der Waals surface area contributed by atoms with Crippen LogP contribution in [-0.2, 0) is 4.79 Å². The minimum Gasteiger partial charge on any atom is -0.349 e. The molecule has 0 radical (unpaired) electrons. The summed E-state index contributed by atoms with van der Waals surface area (Å²) in [6.07, 6.45) is 0.488. The molecule has 3 N–H and O–H groups in total. The number of benzene rings is 2. The van der Waals surface area contributed by atoms with Crippen LogP contribution in [0.25, 0.3) is 0 Å². The molecule has 128 valence electrons. The second-order valence-corrected chi connectivity index (χ2v) is 5.86. The van der Waals surface area contributed by atoms with Crippen LogP contribution in [0, 0.1) is 17.6 Å². The van der Waals surface area contributed by atoms with E-state index in [2.05, 4.69) is 5.32 Å². The van der Waals surface area contributed by atoms with Gasteiger partial charge in [-0.25, -0.2) is 8.78 Å². The third-order valence-electron chi connectivity index (χ3n) is 4.20. The smallest absolute Gasteiger partial charge is 0.225 e. The average molecular weight is 332 g/mol. The molecule has 2 aromatic carbocycles. The lowest BCUT2D eigenvalue weighted by Crippen LogP contribution is -2.37. The highest BCUT2D eigenvalue weighted by atomic mass is 19.1. The molecule has 0 saturated carbocycles. The number of rotatable bonds is 6. The van der Waals surface area contributed by atoms with Crippen molar-refractivity contribution in [2.75, 3.05) is 0 Å². The molecule has 0 heterocycles. The lowest BCUT2D eigenvalue weighted by Gasteiger charge is -2.24. The van der Waals surface area contributed by atoms with E-state index in [1.165, 1.54) is 12.1 Å². The van der Waals surface area contributed by atoms with Crippen molar-refractivity contribution in [1.29, 1.82) is 0 Å². The van der Waals surface area contributed by atoms with Crippen LogP contribution < -0.4 is 11.1 Å². The summed E-state index contributed by atoms with van der Waals surface area (Å²) in [6.45, 7) is 3.57. The van der Waals surface area contributed by atoms with Crippen molar-refractivity contribution in [3.8, 4) is 0 Å². The number of amides is 1. The Morgan fingerprint density at radius 1 is 1.17 bits per heavy atom. The van der Waals surface area contributed by atoms with E-state index in [9.17, 15) is 13.6 Å². The molecule has 0 bridgehead atoms. The second-order valence-electron chi connectivity index (χ2n) is 5.86. The summed E-state index contributed by atoms with van der Waals surface area (Å²) in [5.41, 5.74) is 7.29. The lowest BCUT2D eigenvalue weighted by atomic mass is 9.93. The summed E-state index contributed by atoms with van der Waals surface area (Å²) >= 11 is 0. The fraction of sp³-hybridized carbons (Fsp3) is 0.316. The van der Waals surface area contributed by atoms with Gasteiger partial charge in [0.05, 0.1) is 12.0 Å². The maximum Gasteiger partial charge on any atom is 0.225 e. The highest BCUT2D eigenvalue weighted by Crippen LogP contribution is 2.24.